The van der Waals surface area contributed by atoms with E-state index in [-0.39, 0.29) is 17.2 Å². The molecule has 0 bridgehead atoms. The quantitative estimate of drug-likeness (QED) is 0.636. The zero-order valence-electron chi connectivity index (χ0n) is 9.71. The van der Waals surface area contributed by atoms with E-state index in [1.807, 2.05) is 14.0 Å². The van der Waals surface area contributed by atoms with Crippen molar-refractivity contribution in [2.45, 2.75) is 20.8 Å². The number of carbonyl (C=O) groups is 1. The van der Waals surface area contributed by atoms with Crippen LogP contribution in [0.1, 0.15) is 20.8 Å². The van der Waals surface area contributed by atoms with Crippen molar-refractivity contribution in [3.8, 4) is 0 Å². The molecular formula is C10H23N3O. The Bertz CT molecular complexity index is 192. The predicted octanol–water partition coefficient (Wildman–Crippen LogP) is 0.0245. The second-order valence-electron chi connectivity index (χ2n) is 4.87. The van der Waals surface area contributed by atoms with Gasteiger partial charge < -0.3 is 16.4 Å². The Morgan fingerprint density at radius 3 is 2.36 bits per heavy atom. The molecule has 0 saturated heterocycles. The minimum atomic E-state index is -0.248. The van der Waals surface area contributed by atoms with Crippen molar-refractivity contribution in [3.63, 3.8) is 0 Å². The first-order valence-corrected chi connectivity index (χ1v) is 4.96. The van der Waals surface area contributed by atoms with Crippen LogP contribution in [-0.4, -0.2) is 37.5 Å². The van der Waals surface area contributed by atoms with Crippen LogP contribution in [-0.2, 0) is 4.79 Å². The molecule has 84 valence electrons. The number of hydrogen-bond donors (Lipinski definition) is 2. The Balaban J connectivity index is 3.98. The molecule has 1 amide bonds. The van der Waals surface area contributed by atoms with Crippen LogP contribution in [0.5, 0.6) is 0 Å². The monoisotopic (exact) mass is 201 g/mol. The molecule has 1 atom stereocenters. The van der Waals surface area contributed by atoms with Gasteiger partial charge in [-0.1, -0.05) is 20.8 Å². The van der Waals surface area contributed by atoms with Gasteiger partial charge in [-0.15, -0.1) is 0 Å². The molecule has 0 saturated carbocycles. The van der Waals surface area contributed by atoms with E-state index in [0.717, 1.165) is 6.54 Å². The Morgan fingerprint density at radius 2 is 2.00 bits per heavy atom. The van der Waals surface area contributed by atoms with Crippen LogP contribution in [0, 0.1) is 11.3 Å². The summed E-state index contributed by atoms with van der Waals surface area (Å²) < 4.78 is 0. The molecule has 0 aliphatic rings. The van der Waals surface area contributed by atoms with E-state index in [1.54, 1.807) is 0 Å². The van der Waals surface area contributed by atoms with E-state index in [2.05, 4.69) is 18.7 Å². The largest absolute Gasteiger partial charge is 0.369 e. The average Bonchev–Trinajstić information content (AvgIpc) is 2.02. The van der Waals surface area contributed by atoms with Gasteiger partial charge in [-0.3, -0.25) is 4.79 Å². The molecule has 0 rings (SSSR count). The van der Waals surface area contributed by atoms with E-state index in [0.29, 0.717) is 13.1 Å². The summed E-state index contributed by atoms with van der Waals surface area (Å²) in [6, 6.07) is 0. The summed E-state index contributed by atoms with van der Waals surface area (Å²) in [5.41, 5.74) is 10.9. The SMILES string of the molecule is CC(CN(C)CC(C)(C)CN)C(N)=O. The smallest absolute Gasteiger partial charge is 0.221 e. The minimum Gasteiger partial charge on any atom is -0.369 e. The maximum absolute atomic E-state index is 10.8. The molecule has 0 spiro atoms. The highest BCUT2D eigenvalue weighted by molar-refractivity contribution is 5.76. The number of carbonyl (C=O) groups excluding carboxylic acids is 1. The predicted molar refractivity (Wildman–Crippen MR) is 58.7 cm³/mol. The lowest BCUT2D eigenvalue weighted by Crippen LogP contribution is -2.40. The zero-order valence-corrected chi connectivity index (χ0v) is 9.71. The lowest BCUT2D eigenvalue weighted by atomic mass is 9.93. The fourth-order valence-electron chi connectivity index (χ4n) is 1.42. The minimum absolute atomic E-state index is 0.0894. The lowest BCUT2D eigenvalue weighted by molar-refractivity contribution is -0.121. The topological polar surface area (TPSA) is 72.3 Å². The summed E-state index contributed by atoms with van der Waals surface area (Å²) in [6.45, 7) is 8.27. The number of nitrogens with zero attached hydrogens (tertiary/aromatic N) is 1. The third-order valence-corrected chi connectivity index (χ3v) is 2.32. The Hall–Kier alpha value is -0.610. The Kier molecular flexibility index (Phi) is 5.08. The van der Waals surface area contributed by atoms with Gasteiger partial charge in [0, 0.05) is 19.0 Å². The van der Waals surface area contributed by atoms with Gasteiger partial charge in [0.2, 0.25) is 5.91 Å². The molecular weight excluding hydrogens is 178 g/mol. The molecule has 0 aliphatic carbocycles. The summed E-state index contributed by atoms with van der Waals surface area (Å²) in [5.74, 6) is -0.351. The molecule has 0 aromatic rings. The Morgan fingerprint density at radius 1 is 1.50 bits per heavy atom. The maximum atomic E-state index is 10.8. The van der Waals surface area contributed by atoms with E-state index in [9.17, 15) is 4.79 Å². The first-order valence-electron chi connectivity index (χ1n) is 4.96. The zero-order chi connectivity index (χ0) is 11.4. The van der Waals surface area contributed by atoms with Gasteiger partial charge in [0.15, 0.2) is 0 Å². The van der Waals surface area contributed by atoms with Crippen molar-refractivity contribution < 1.29 is 4.79 Å². The highest BCUT2D eigenvalue weighted by Crippen LogP contribution is 2.14. The fraction of sp³-hybridized carbons (Fsp3) is 0.900. The summed E-state index contributed by atoms with van der Waals surface area (Å²) >= 11 is 0. The maximum Gasteiger partial charge on any atom is 0.221 e. The van der Waals surface area contributed by atoms with Gasteiger partial charge in [0.1, 0.15) is 0 Å². The van der Waals surface area contributed by atoms with Crippen LogP contribution in [0.25, 0.3) is 0 Å². The molecule has 1 unspecified atom stereocenters. The van der Waals surface area contributed by atoms with Crippen LogP contribution >= 0.6 is 0 Å². The number of primary amides is 1. The lowest BCUT2D eigenvalue weighted by Gasteiger charge is -2.29. The van der Waals surface area contributed by atoms with Crippen LogP contribution < -0.4 is 11.5 Å². The van der Waals surface area contributed by atoms with Crippen molar-refractivity contribution in [3.05, 3.63) is 0 Å². The summed E-state index contributed by atoms with van der Waals surface area (Å²) in [4.78, 5) is 12.9. The molecule has 4 nitrogen and oxygen atoms in total. The molecule has 0 fully saturated rings. The molecule has 0 heterocycles. The highest BCUT2D eigenvalue weighted by atomic mass is 16.1. The molecule has 4 heteroatoms. The highest BCUT2D eigenvalue weighted by Gasteiger charge is 2.20. The summed E-state index contributed by atoms with van der Waals surface area (Å²) in [5, 5.41) is 0. The van der Waals surface area contributed by atoms with Crippen LogP contribution in [0.3, 0.4) is 0 Å². The molecule has 0 radical (unpaired) electrons. The van der Waals surface area contributed by atoms with E-state index in [1.165, 1.54) is 0 Å². The van der Waals surface area contributed by atoms with Gasteiger partial charge in [-0.2, -0.15) is 0 Å². The first-order chi connectivity index (χ1) is 6.28. The van der Waals surface area contributed by atoms with Crippen LogP contribution in [0.15, 0.2) is 0 Å². The van der Waals surface area contributed by atoms with Gasteiger partial charge in [0.25, 0.3) is 0 Å². The van der Waals surface area contributed by atoms with Crippen LogP contribution in [0.2, 0.25) is 0 Å². The van der Waals surface area contributed by atoms with Crippen molar-refractivity contribution in [2.75, 3.05) is 26.7 Å². The van der Waals surface area contributed by atoms with Gasteiger partial charge in [-0.05, 0) is 19.0 Å². The summed E-state index contributed by atoms with van der Waals surface area (Å²) in [6.07, 6.45) is 0. The van der Waals surface area contributed by atoms with Crippen molar-refractivity contribution in [1.82, 2.24) is 4.90 Å². The number of hydrogen-bond acceptors (Lipinski definition) is 3. The van der Waals surface area contributed by atoms with Crippen molar-refractivity contribution in [2.24, 2.45) is 22.8 Å². The number of nitrogens with two attached hydrogens (primary N) is 2. The Labute approximate surface area is 86.6 Å². The van der Waals surface area contributed by atoms with Crippen molar-refractivity contribution in [1.29, 1.82) is 0 Å². The summed E-state index contributed by atoms with van der Waals surface area (Å²) in [7, 11) is 1.98. The standard InChI is InChI=1S/C10H23N3O/c1-8(9(12)14)5-13(4)7-10(2,3)6-11/h8H,5-7,11H2,1-4H3,(H2,12,14). The van der Waals surface area contributed by atoms with E-state index >= 15 is 0 Å². The van der Waals surface area contributed by atoms with E-state index < -0.39 is 0 Å². The molecule has 4 N–H and O–H groups in total. The number of rotatable bonds is 6. The average molecular weight is 201 g/mol. The second-order valence-corrected chi connectivity index (χ2v) is 4.87. The molecule has 0 aromatic carbocycles. The van der Waals surface area contributed by atoms with E-state index in [4.69, 9.17) is 11.5 Å². The number of amides is 1. The second kappa shape index (κ2) is 5.32. The fourth-order valence-corrected chi connectivity index (χ4v) is 1.42. The molecule has 0 aromatic heterocycles. The molecule has 0 aliphatic heterocycles. The van der Waals surface area contributed by atoms with Gasteiger partial charge in [-0.25, -0.2) is 0 Å². The normalized spacial score (nSPS) is 14.4. The van der Waals surface area contributed by atoms with Gasteiger partial charge in [0.05, 0.1) is 0 Å². The first kappa shape index (κ1) is 13.4. The van der Waals surface area contributed by atoms with Crippen molar-refractivity contribution >= 4 is 5.91 Å². The van der Waals surface area contributed by atoms with Gasteiger partial charge >= 0.3 is 0 Å². The van der Waals surface area contributed by atoms with Crippen LogP contribution in [0.4, 0.5) is 0 Å². The third-order valence-electron chi connectivity index (χ3n) is 2.32. The third kappa shape index (κ3) is 5.19. The molecule has 14 heavy (non-hydrogen) atoms.